The van der Waals surface area contributed by atoms with Gasteiger partial charge in [0.25, 0.3) is 11.2 Å². The van der Waals surface area contributed by atoms with Crippen molar-refractivity contribution in [3.8, 4) is 34.6 Å². The average molecular weight is 454 g/mol. The molecule has 0 bridgehead atoms. The van der Waals surface area contributed by atoms with Gasteiger partial charge in [0.2, 0.25) is 5.75 Å². The first-order valence-electron chi connectivity index (χ1n) is 9.13. The maximum Gasteiger partial charge on any atom is 0.273 e. The van der Waals surface area contributed by atoms with Crippen LogP contribution in [0, 0.1) is 21.4 Å². The Labute approximate surface area is 186 Å². The van der Waals surface area contributed by atoms with E-state index in [4.69, 9.17) is 14.2 Å². The summed E-state index contributed by atoms with van der Waals surface area (Å²) in [6, 6.07) is 11.4. The number of rotatable bonds is 8. The van der Waals surface area contributed by atoms with Crippen LogP contribution in [0.15, 0.2) is 46.3 Å². The zero-order valence-electron chi connectivity index (χ0n) is 17.4. The molecular weight excluding hydrogens is 436 g/mol. The number of aromatic amines is 1. The van der Waals surface area contributed by atoms with Gasteiger partial charge in [0.15, 0.2) is 16.7 Å². The molecule has 3 rings (SSSR count). The molecule has 164 valence electrons. The minimum absolute atomic E-state index is 0.0270. The Bertz CT molecular complexity index is 1240. The van der Waals surface area contributed by atoms with Crippen molar-refractivity contribution in [1.29, 1.82) is 5.26 Å². The Balaban J connectivity index is 2.07. The van der Waals surface area contributed by atoms with Crippen molar-refractivity contribution < 1.29 is 19.1 Å². The molecule has 0 aliphatic carbocycles. The van der Waals surface area contributed by atoms with Crippen LogP contribution in [0.25, 0.3) is 11.3 Å². The van der Waals surface area contributed by atoms with Crippen molar-refractivity contribution in [1.82, 2.24) is 9.97 Å². The van der Waals surface area contributed by atoms with Gasteiger partial charge in [0.05, 0.1) is 31.9 Å². The SMILES string of the molecule is COc1cc(-c2nc(SCc3ccccc3[N+](=O)[O-])[nH]c(=O)c2C#N)cc(OC)c1OC. The van der Waals surface area contributed by atoms with E-state index >= 15 is 0 Å². The normalized spacial score (nSPS) is 10.3. The standard InChI is InChI=1S/C21H18N4O6S/c1-29-16-8-13(9-17(30-2)19(16)31-3)18-14(10-22)20(26)24-21(23-18)32-11-12-6-4-5-7-15(12)25(27)28/h4-9H,11H2,1-3H3,(H,23,24,26). The molecule has 1 heterocycles. The number of nitrogens with one attached hydrogen (secondary N) is 1. The van der Waals surface area contributed by atoms with Crippen LogP contribution in [0.4, 0.5) is 5.69 Å². The van der Waals surface area contributed by atoms with Gasteiger partial charge in [-0.3, -0.25) is 14.9 Å². The Morgan fingerprint density at radius 2 is 1.81 bits per heavy atom. The lowest BCUT2D eigenvalue weighted by Crippen LogP contribution is -2.15. The third-order valence-electron chi connectivity index (χ3n) is 4.50. The van der Waals surface area contributed by atoms with E-state index in [9.17, 15) is 20.2 Å². The van der Waals surface area contributed by atoms with Crippen LogP contribution in [-0.2, 0) is 5.75 Å². The number of methoxy groups -OCH3 is 3. The summed E-state index contributed by atoms with van der Waals surface area (Å²) < 4.78 is 16.0. The maximum atomic E-state index is 12.6. The predicted octanol–water partition coefficient (Wildman–Crippen LogP) is 3.53. The van der Waals surface area contributed by atoms with Gasteiger partial charge in [-0.1, -0.05) is 30.0 Å². The van der Waals surface area contributed by atoms with Crippen molar-refractivity contribution in [2.24, 2.45) is 0 Å². The summed E-state index contributed by atoms with van der Waals surface area (Å²) in [6.45, 7) is 0. The molecule has 1 N–H and O–H groups in total. The fourth-order valence-electron chi connectivity index (χ4n) is 3.01. The molecule has 3 aromatic rings. The van der Waals surface area contributed by atoms with E-state index < -0.39 is 10.5 Å². The second-order valence-electron chi connectivity index (χ2n) is 6.30. The number of nitro benzene ring substituents is 1. The molecule has 0 atom stereocenters. The number of hydrogen-bond donors (Lipinski definition) is 1. The van der Waals surface area contributed by atoms with Crippen LogP contribution in [0.1, 0.15) is 11.1 Å². The van der Waals surface area contributed by atoms with Gasteiger partial charge < -0.3 is 19.2 Å². The van der Waals surface area contributed by atoms with E-state index in [0.29, 0.717) is 28.4 Å². The Morgan fingerprint density at radius 3 is 2.38 bits per heavy atom. The molecule has 0 radical (unpaired) electrons. The number of para-hydroxylation sites is 1. The largest absolute Gasteiger partial charge is 0.493 e. The number of H-pyrrole nitrogens is 1. The number of ether oxygens (including phenoxy) is 3. The lowest BCUT2D eigenvalue weighted by Gasteiger charge is -2.14. The number of nitro groups is 1. The summed E-state index contributed by atoms with van der Waals surface area (Å²) in [7, 11) is 4.36. The monoisotopic (exact) mass is 454 g/mol. The molecule has 0 saturated carbocycles. The number of benzene rings is 2. The van der Waals surface area contributed by atoms with Crippen molar-refractivity contribution in [2.75, 3.05) is 21.3 Å². The van der Waals surface area contributed by atoms with Crippen molar-refractivity contribution in [3.63, 3.8) is 0 Å². The average Bonchev–Trinajstić information content (AvgIpc) is 2.81. The minimum atomic E-state index is -0.628. The summed E-state index contributed by atoms with van der Waals surface area (Å²) in [5.41, 5.74) is 0.172. The molecule has 1 aromatic heterocycles. The third kappa shape index (κ3) is 4.50. The maximum absolute atomic E-state index is 12.6. The van der Waals surface area contributed by atoms with Crippen molar-refractivity contribution >= 4 is 17.4 Å². The van der Waals surface area contributed by atoms with Crippen LogP contribution in [0.3, 0.4) is 0 Å². The van der Waals surface area contributed by atoms with Gasteiger partial charge in [-0.15, -0.1) is 0 Å². The second-order valence-corrected chi connectivity index (χ2v) is 7.26. The molecule has 0 saturated heterocycles. The summed E-state index contributed by atoms with van der Waals surface area (Å²) in [6.07, 6.45) is 0. The third-order valence-corrected chi connectivity index (χ3v) is 5.42. The van der Waals surface area contributed by atoms with Gasteiger partial charge in [-0.2, -0.15) is 5.26 Å². The zero-order valence-corrected chi connectivity index (χ0v) is 18.2. The lowest BCUT2D eigenvalue weighted by molar-refractivity contribution is -0.385. The minimum Gasteiger partial charge on any atom is -0.493 e. The topological polar surface area (TPSA) is 140 Å². The molecule has 0 aliphatic heterocycles. The number of hydrogen-bond acceptors (Lipinski definition) is 9. The lowest BCUT2D eigenvalue weighted by atomic mass is 10.1. The smallest absolute Gasteiger partial charge is 0.273 e. The van der Waals surface area contributed by atoms with Crippen LogP contribution < -0.4 is 19.8 Å². The van der Waals surface area contributed by atoms with E-state index in [1.165, 1.54) is 27.4 Å². The first-order valence-corrected chi connectivity index (χ1v) is 10.1. The summed E-state index contributed by atoms with van der Waals surface area (Å²) in [5, 5.41) is 21.0. The van der Waals surface area contributed by atoms with Crippen LogP contribution in [0.5, 0.6) is 17.2 Å². The molecule has 0 unspecified atom stereocenters. The molecular formula is C21H18N4O6S. The summed E-state index contributed by atoms with van der Waals surface area (Å²) >= 11 is 1.11. The van der Waals surface area contributed by atoms with Crippen LogP contribution in [0.2, 0.25) is 0 Å². The summed E-state index contributed by atoms with van der Waals surface area (Å²) in [4.78, 5) is 30.3. The highest BCUT2D eigenvalue weighted by Crippen LogP contribution is 2.41. The molecule has 0 amide bonds. The van der Waals surface area contributed by atoms with E-state index in [1.807, 2.05) is 6.07 Å². The number of nitriles is 1. The van der Waals surface area contributed by atoms with Gasteiger partial charge in [-0.05, 0) is 12.1 Å². The Morgan fingerprint density at radius 1 is 1.16 bits per heavy atom. The Hall–Kier alpha value is -4.04. The highest BCUT2D eigenvalue weighted by molar-refractivity contribution is 7.98. The molecule has 0 fully saturated rings. The predicted molar refractivity (Wildman–Crippen MR) is 117 cm³/mol. The fraction of sp³-hybridized carbons (Fsp3) is 0.190. The molecule has 10 nitrogen and oxygen atoms in total. The number of nitrogens with zero attached hydrogens (tertiary/aromatic N) is 3. The van der Waals surface area contributed by atoms with Gasteiger partial charge >= 0.3 is 0 Å². The van der Waals surface area contributed by atoms with Gasteiger partial charge in [-0.25, -0.2) is 4.98 Å². The highest BCUT2D eigenvalue weighted by Gasteiger charge is 2.20. The van der Waals surface area contributed by atoms with E-state index in [2.05, 4.69) is 9.97 Å². The van der Waals surface area contributed by atoms with Crippen molar-refractivity contribution in [3.05, 3.63) is 68.0 Å². The quantitative estimate of drug-likeness (QED) is 0.234. The molecule has 2 aromatic carbocycles. The molecule has 11 heteroatoms. The van der Waals surface area contributed by atoms with Crippen molar-refractivity contribution in [2.45, 2.75) is 10.9 Å². The van der Waals surface area contributed by atoms with E-state index in [1.54, 1.807) is 30.3 Å². The van der Waals surface area contributed by atoms with Gasteiger partial charge in [0, 0.05) is 22.9 Å². The fourth-order valence-corrected chi connectivity index (χ4v) is 3.87. The molecule has 0 aliphatic rings. The zero-order chi connectivity index (χ0) is 23.3. The molecule has 0 spiro atoms. The van der Waals surface area contributed by atoms with E-state index in [-0.39, 0.29) is 27.9 Å². The first-order chi connectivity index (χ1) is 15.4. The van der Waals surface area contributed by atoms with Gasteiger partial charge in [0.1, 0.15) is 11.6 Å². The van der Waals surface area contributed by atoms with E-state index in [0.717, 1.165) is 11.8 Å². The number of aromatic nitrogens is 2. The van der Waals surface area contributed by atoms with Crippen LogP contribution >= 0.6 is 11.8 Å². The highest BCUT2D eigenvalue weighted by atomic mass is 32.2. The second kappa shape index (κ2) is 9.84. The van der Waals surface area contributed by atoms with Crippen LogP contribution in [-0.4, -0.2) is 36.2 Å². The summed E-state index contributed by atoms with van der Waals surface area (Å²) in [5.74, 6) is 1.22. The Kier molecular flexibility index (Phi) is 6.97. The molecule has 32 heavy (non-hydrogen) atoms. The number of thioether (sulfide) groups is 1. The first kappa shape index (κ1) is 22.6.